The maximum Gasteiger partial charge on any atom is 0.328 e. The number of carbonyl (C=O) groups excluding carboxylic acids is 1. The van der Waals surface area contributed by atoms with Gasteiger partial charge in [0.25, 0.3) is 0 Å². The van der Waals surface area contributed by atoms with E-state index in [4.69, 9.17) is 15.9 Å². The molecule has 0 rings (SSSR count). The second-order valence-corrected chi connectivity index (χ2v) is 2.85. The van der Waals surface area contributed by atoms with Crippen molar-refractivity contribution < 1.29 is 19.8 Å². The second-order valence-electron chi connectivity index (χ2n) is 2.85. The summed E-state index contributed by atoms with van der Waals surface area (Å²) < 4.78 is 0. The lowest BCUT2D eigenvalue weighted by Gasteiger charge is -2.17. The van der Waals surface area contributed by atoms with Crippen LogP contribution in [0.4, 0.5) is 0 Å². The van der Waals surface area contributed by atoms with Crippen LogP contribution >= 0.6 is 0 Å². The molecule has 0 fully saturated rings. The first-order valence-corrected chi connectivity index (χ1v) is 3.83. The monoisotopic (exact) mass is 190 g/mol. The lowest BCUT2D eigenvalue weighted by Crippen LogP contribution is -2.51. The van der Waals surface area contributed by atoms with Gasteiger partial charge in [-0.3, -0.25) is 4.79 Å². The first-order valence-electron chi connectivity index (χ1n) is 3.83. The van der Waals surface area contributed by atoms with E-state index in [0.29, 0.717) is 0 Å². The SMILES string of the molecule is CC(O)[C@@H](NC(=O)[C@@H](C)N)C(=O)O. The first-order chi connectivity index (χ1) is 5.86. The van der Waals surface area contributed by atoms with E-state index < -0.39 is 30.1 Å². The molecular formula is C7H14N2O4. The fraction of sp³-hybridized carbons (Fsp3) is 0.714. The summed E-state index contributed by atoms with van der Waals surface area (Å²) in [6, 6.07) is -2.10. The van der Waals surface area contributed by atoms with Crippen molar-refractivity contribution in [2.45, 2.75) is 32.0 Å². The quantitative estimate of drug-likeness (QED) is 0.421. The molecule has 0 aromatic carbocycles. The van der Waals surface area contributed by atoms with Crippen molar-refractivity contribution >= 4 is 11.9 Å². The lowest BCUT2D eigenvalue weighted by atomic mass is 10.1. The molecule has 0 bridgehead atoms. The predicted octanol–water partition coefficient (Wildman–Crippen LogP) is -1.72. The van der Waals surface area contributed by atoms with E-state index in [-0.39, 0.29) is 0 Å². The third-order valence-electron chi connectivity index (χ3n) is 1.46. The molecule has 1 amide bonds. The van der Waals surface area contributed by atoms with Crippen molar-refractivity contribution in [1.29, 1.82) is 0 Å². The molecule has 0 aromatic rings. The number of amides is 1. The average Bonchev–Trinajstić information content (AvgIpc) is 1.97. The van der Waals surface area contributed by atoms with Crippen molar-refractivity contribution in [3.8, 4) is 0 Å². The Morgan fingerprint density at radius 1 is 1.38 bits per heavy atom. The van der Waals surface area contributed by atoms with E-state index in [0.717, 1.165) is 0 Å². The van der Waals surface area contributed by atoms with Crippen LogP contribution in [0.5, 0.6) is 0 Å². The molecular weight excluding hydrogens is 176 g/mol. The lowest BCUT2D eigenvalue weighted by molar-refractivity contribution is -0.144. The molecule has 13 heavy (non-hydrogen) atoms. The van der Waals surface area contributed by atoms with Crippen molar-refractivity contribution in [3.63, 3.8) is 0 Å². The molecule has 5 N–H and O–H groups in total. The average molecular weight is 190 g/mol. The Morgan fingerprint density at radius 2 is 1.85 bits per heavy atom. The number of aliphatic hydroxyl groups is 1. The summed E-state index contributed by atoms with van der Waals surface area (Å²) in [5.74, 6) is -1.89. The van der Waals surface area contributed by atoms with Gasteiger partial charge in [-0.15, -0.1) is 0 Å². The van der Waals surface area contributed by atoms with Gasteiger partial charge in [0.15, 0.2) is 6.04 Å². The number of nitrogens with one attached hydrogen (secondary N) is 1. The molecule has 3 atom stereocenters. The van der Waals surface area contributed by atoms with Crippen LogP contribution in [-0.4, -0.2) is 40.3 Å². The van der Waals surface area contributed by atoms with E-state index in [1.165, 1.54) is 13.8 Å². The van der Waals surface area contributed by atoms with Crippen molar-refractivity contribution in [2.75, 3.05) is 0 Å². The maximum absolute atomic E-state index is 11.0. The Balaban J connectivity index is 4.27. The molecule has 0 heterocycles. The van der Waals surface area contributed by atoms with E-state index in [9.17, 15) is 9.59 Å². The number of carbonyl (C=O) groups is 2. The van der Waals surface area contributed by atoms with Crippen molar-refractivity contribution in [1.82, 2.24) is 5.32 Å². The van der Waals surface area contributed by atoms with Gasteiger partial charge in [-0.2, -0.15) is 0 Å². The highest BCUT2D eigenvalue weighted by molar-refractivity contribution is 5.86. The Hall–Kier alpha value is -1.14. The van der Waals surface area contributed by atoms with Crippen LogP contribution in [0.25, 0.3) is 0 Å². The van der Waals surface area contributed by atoms with Gasteiger partial charge in [-0.05, 0) is 13.8 Å². The van der Waals surface area contributed by atoms with Gasteiger partial charge in [0.05, 0.1) is 12.1 Å². The van der Waals surface area contributed by atoms with Gasteiger partial charge in [0.2, 0.25) is 5.91 Å². The molecule has 76 valence electrons. The van der Waals surface area contributed by atoms with Gasteiger partial charge in [-0.25, -0.2) is 4.79 Å². The minimum Gasteiger partial charge on any atom is -0.480 e. The second kappa shape index (κ2) is 4.78. The normalized spacial score (nSPS) is 17.2. The number of nitrogens with two attached hydrogens (primary N) is 1. The Kier molecular flexibility index (Phi) is 4.36. The van der Waals surface area contributed by atoms with E-state index in [1.54, 1.807) is 0 Å². The molecule has 0 aromatic heterocycles. The van der Waals surface area contributed by atoms with Crippen LogP contribution in [0.1, 0.15) is 13.8 Å². The number of carboxylic acids is 1. The number of aliphatic hydroxyl groups excluding tert-OH is 1. The first kappa shape index (κ1) is 11.9. The van der Waals surface area contributed by atoms with Gasteiger partial charge in [0, 0.05) is 0 Å². The van der Waals surface area contributed by atoms with E-state index in [1.807, 2.05) is 0 Å². The van der Waals surface area contributed by atoms with Crippen LogP contribution in [0.15, 0.2) is 0 Å². The molecule has 0 saturated carbocycles. The zero-order chi connectivity index (χ0) is 10.6. The third-order valence-corrected chi connectivity index (χ3v) is 1.46. The molecule has 1 unspecified atom stereocenters. The third kappa shape index (κ3) is 3.86. The number of aliphatic carboxylic acids is 1. The highest BCUT2D eigenvalue weighted by Gasteiger charge is 2.25. The summed E-state index contributed by atoms with van der Waals surface area (Å²) in [6.07, 6.45) is -1.15. The molecule has 6 nitrogen and oxygen atoms in total. The van der Waals surface area contributed by atoms with Crippen LogP contribution in [0, 0.1) is 0 Å². The van der Waals surface area contributed by atoms with Gasteiger partial charge >= 0.3 is 5.97 Å². The largest absolute Gasteiger partial charge is 0.480 e. The summed E-state index contributed by atoms with van der Waals surface area (Å²) in [7, 11) is 0. The molecule has 0 radical (unpaired) electrons. The predicted molar refractivity (Wildman–Crippen MR) is 44.9 cm³/mol. The minimum atomic E-state index is -1.31. The van der Waals surface area contributed by atoms with Crippen molar-refractivity contribution in [3.05, 3.63) is 0 Å². The standard InChI is InChI=1S/C7H14N2O4/c1-3(8)6(11)9-5(4(2)10)7(12)13/h3-5,10H,8H2,1-2H3,(H,9,11)(H,12,13)/t3-,4?,5-/m1/s1. The minimum absolute atomic E-state index is 0.603. The van der Waals surface area contributed by atoms with E-state index in [2.05, 4.69) is 5.32 Å². The molecule has 0 aliphatic carbocycles. The Morgan fingerprint density at radius 3 is 2.08 bits per heavy atom. The Labute approximate surface area is 75.7 Å². The number of hydrogen-bond donors (Lipinski definition) is 4. The van der Waals surface area contributed by atoms with E-state index >= 15 is 0 Å². The molecule has 0 saturated heterocycles. The fourth-order valence-corrected chi connectivity index (χ4v) is 0.673. The number of rotatable bonds is 4. The topological polar surface area (TPSA) is 113 Å². The van der Waals surface area contributed by atoms with Crippen LogP contribution in [-0.2, 0) is 9.59 Å². The van der Waals surface area contributed by atoms with Gasteiger partial charge in [-0.1, -0.05) is 0 Å². The van der Waals surface area contributed by atoms with Crippen LogP contribution in [0.3, 0.4) is 0 Å². The summed E-state index contributed by atoms with van der Waals surface area (Å²) in [5.41, 5.74) is 5.20. The highest BCUT2D eigenvalue weighted by Crippen LogP contribution is 1.93. The highest BCUT2D eigenvalue weighted by atomic mass is 16.4. The van der Waals surface area contributed by atoms with Crippen LogP contribution in [0.2, 0.25) is 0 Å². The summed E-state index contributed by atoms with van der Waals surface area (Å²) in [5, 5.41) is 19.6. The maximum atomic E-state index is 11.0. The van der Waals surface area contributed by atoms with Crippen LogP contribution < -0.4 is 11.1 Å². The van der Waals surface area contributed by atoms with Crippen molar-refractivity contribution in [2.24, 2.45) is 5.73 Å². The molecule has 0 spiro atoms. The fourth-order valence-electron chi connectivity index (χ4n) is 0.673. The molecule has 6 heteroatoms. The molecule has 0 aliphatic heterocycles. The smallest absolute Gasteiger partial charge is 0.328 e. The van der Waals surface area contributed by atoms with Gasteiger partial charge in [0.1, 0.15) is 0 Å². The summed E-state index contributed by atoms with van der Waals surface area (Å²) in [6.45, 7) is 2.70. The zero-order valence-electron chi connectivity index (χ0n) is 7.52. The number of carboxylic acid groups (broad SMARTS) is 1. The Bertz CT molecular complexity index is 203. The van der Waals surface area contributed by atoms with Gasteiger partial charge < -0.3 is 21.3 Å². The molecule has 0 aliphatic rings. The summed E-state index contributed by atoms with van der Waals surface area (Å²) >= 11 is 0. The number of hydrogen-bond acceptors (Lipinski definition) is 4. The summed E-state index contributed by atoms with van der Waals surface area (Å²) in [4.78, 5) is 21.4. The zero-order valence-corrected chi connectivity index (χ0v) is 7.52.